The Bertz CT molecular complexity index is 1300. The zero-order valence-electron chi connectivity index (χ0n) is 19.2. The molecule has 4 aromatic rings. The number of anilines is 3. The molecule has 156 valence electrons. The van der Waals surface area contributed by atoms with Gasteiger partial charge >= 0.3 is 0 Å². The Balaban J connectivity index is 1.82. The van der Waals surface area contributed by atoms with E-state index < -0.39 is 0 Å². The Kier molecular flexibility index (Phi) is 4.37. The molecule has 2 heteroatoms. The smallest absolute Gasteiger partial charge is 0.159 e. The Morgan fingerprint density at radius 3 is 2.13 bits per heavy atom. The summed E-state index contributed by atoms with van der Waals surface area (Å²) in [6.07, 6.45) is 0. The van der Waals surface area contributed by atoms with Gasteiger partial charge in [0.05, 0.1) is 17.1 Å². The lowest BCUT2D eigenvalue weighted by molar-refractivity contribution is 0.482. The third-order valence-corrected chi connectivity index (χ3v) is 6.25. The van der Waals surface area contributed by atoms with Gasteiger partial charge in [0.1, 0.15) is 0 Å². The molecule has 0 N–H and O–H groups in total. The van der Waals surface area contributed by atoms with Crippen molar-refractivity contribution in [2.75, 3.05) is 4.90 Å². The van der Waals surface area contributed by atoms with Crippen LogP contribution in [0.15, 0.2) is 66.7 Å². The van der Waals surface area contributed by atoms with E-state index in [0.717, 1.165) is 28.3 Å². The van der Waals surface area contributed by atoms with E-state index in [4.69, 9.17) is 4.74 Å². The lowest BCUT2D eigenvalue weighted by atomic mass is 9.84. The van der Waals surface area contributed by atoms with E-state index >= 15 is 0 Å². The molecular weight excluding hydrogens is 378 g/mol. The first kappa shape index (κ1) is 19.7. The van der Waals surface area contributed by atoms with E-state index in [1.165, 1.54) is 33.3 Å². The van der Waals surface area contributed by atoms with E-state index in [2.05, 4.69) is 113 Å². The van der Waals surface area contributed by atoms with Gasteiger partial charge in [0.15, 0.2) is 11.5 Å². The van der Waals surface area contributed by atoms with Crippen molar-refractivity contribution in [2.45, 2.75) is 47.0 Å². The zero-order chi connectivity index (χ0) is 21.9. The van der Waals surface area contributed by atoms with Gasteiger partial charge in [-0.3, -0.25) is 0 Å². The number of ether oxygens (including phenoxy) is 1. The highest BCUT2D eigenvalue weighted by Gasteiger charge is 2.30. The Labute approximate surface area is 185 Å². The van der Waals surface area contributed by atoms with Crippen molar-refractivity contribution >= 4 is 27.8 Å². The van der Waals surface area contributed by atoms with Crippen molar-refractivity contribution in [1.29, 1.82) is 0 Å². The summed E-state index contributed by atoms with van der Waals surface area (Å²) in [6, 6.07) is 24.0. The Hall–Kier alpha value is -3.26. The van der Waals surface area contributed by atoms with Crippen molar-refractivity contribution in [2.24, 2.45) is 0 Å². The van der Waals surface area contributed by atoms with Crippen molar-refractivity contribution in [3.8, 4) is 11.5 Å². The van der Waals surface area contributed by atoms with Crippen LogP contribution < -0.4 is 9.64 Å². The minimum absolute atomic E-state index is 0.113. The zero-order valence-corrected chi connectivity index (χ0v) is 19.2. The maximum Gasteiger partial charge on any atom is 0.159 e. The number of hydrogen-bond donors (Lipinski definition) is 0. The number of hydrogen-bond acceptors (Lipinski definition) is 2. The normalized spacial score (nSPS) is 13.0. The molecule has 0 fully saturated rings. The Morgan fingerprint density at radius 2 is 1.42 bits per heavy atom. The van der Waals surface area contributed by atoms with Crippen LogP contribution in [-0.2, 0) is 5.41 Å². The third-order valence-electron chi connectivity index (χ3n) is 6.25. The predicted octanol–water partition coefficient (Wildman–Crippen LogP) is 8.64. The largest absolute Gasteiger partial charge is 0.452 e. The molecule has 2 nitrogen and oxygen atoms in total. The minimum atomic E-state index is 0.113. The molecule has 0 spiro atoms. The summed E-state index contributed by atoms with van der Waals surface area (Å²) < 4.78 is 6.54. The van der Waals surface area contributed by atoms with E-state index in [0.29, 0.717) is 0 Å². The van der Waals surface area contributed by atoms with Crippen LogP contribution in [-0.4, -0.2) is 0 Å². The quantitative estimate of drug-likeness (QED) is 0.276. The number of aryl methyl sites for hydroxylation is 3. The number of nitrogens with zero attached hydrogens (tertiary/aromatic N) is 1. The van der Waals surface area contributed by atoms with Crippen molar-refractivity contribution in [3.63, 3.8) is 0 Å². The summed E-state index contributed by atoms with van der Waals surface area (Å²) >= 11 is 0. The van der Waals surface area contributed by atoms with Crippen LogP contribution in [0.3, 0.4) is 0 Å². The molecular formula is C29H29NO. The molecule has 0 radical (unpaired) electrons. The van der Waals surface area contributed by atoms with Gasteiger partial charge in [-0.2, -0.15) is 0 Å². The first-order valence-corrected chi connectivity index (χ1v) is 11.0. The second-order valence-corrected chi connectivity index (χ2v) is 9.75. The summed E-state index contributed by atoms with van der Waals surface area (Å²) in [7, 11) is 0. The average Bonchev–Trinajstić information content (AvgIpc) is 2.71. The lowest BCUT2D eigenvalue weighted by Crippen LogP contribution is -2.19. The topological polar surface area (TPSA) is 12.5 Å². The van der Waals surface area contributed by atoms with E-state index in [1.54, 1.807) is 0 Å². The molecule has 31 heavy (non-hydrogen) atoms. The summed E-state index contributed by atoms with van der Waals surface area (Å²) in [5, 5.41) is 2.33. The summed E-state index contributed by atoms with van der Waals surface area (Å²) in [4.78, 5) is 2.39. The maximum absolute atomic E-state index is 6.54. The number of benzene rings is 4. The van der Waals surface area contributed by atoms with Crippen LogP contribution in [0.1, 0.15) is 43.0 Å². The predicted molar refractivity (Wildman–Crippen MR) is 132 cm³/mol. The van der Waals surface area contributed by atoms with Crippen LogP contribution in [0.25, 0.3) is 10.8 Å². The van der Waals surface area contributed by atoms with E-state index in [9.17, 15) is 0 Å². The van der Waals surface area contributed by atoms with Gasteiger partial charge in [0, 0.05) is 5.39 Å². The third kappa shape index (κ3) is 3.18. The highest BCUT2D eigenvalue weighted by Crippen LogP contribution is 2.54. The molecule has 1 aliphatic heterocycles. The second-order valence-electron chi connectivity index (χ2n) is 9.75. The van der Waals surface area contributed by atoms with Crippen LogP contribution in [0.4, 0.5) is 17.1 Å². The van der Waals surface area contributed by atoms with Crippen LogP contribution in [0.2, 0.25) is 0 Å². The highest BCUT2D eigenvalue weighted by molar-refractivity contribution is 6.00. The molecule has 1 aliphatic rings. The van der Waals surface area contributed by atoms with Gasteiger partial charge in [-0.15, -0.1) is 0 Å². The van der Waals surface area contributed by atoms with Gasteiger partial charge in [0.2, 0.25) is 0 Å². The minimum Gasteiger partial charge on any atom is -0.452 e. The molecule has 0 atom stereocenters. The van der Waals surface area contributed by atoms with Gasteiger partial charge in [0.25, 0.3) is 0 Å². The molecule has 0 aromatic heterocycles. The fraction of sp³-hybridized carbons (Fsp3) is 0.241. The van der Waals surface area contributed by atoms with Gasteiger partial charge < -0.3 is 9.64 Å². The van der Waals surface area contributed by atoms with Crippen molar-refractivity contribution in [3.05, 3.63) is 89.0 Å². The molecule has 0 aliphatic carbocycles. The van der Waals surface area contributed by atoms with Crippen molar-refractivity contribution in [1.82, 2.24) is 0 Å². The molecule has 0 saturated carbocycles. The molecule has 0 amide bonds. The Morgan fingerprint density at radius 1 is 0.742 bits per heavy atom. The van der Waals surface area contributed by atoms with E-state index in [-0.39, 0.29) is 5.41 Å². The van der Waals surface area contributed by atoms with Gasteiger partial charge in [-0.05, 0) is 72.0 Å². The fourth-order valence-corrected chi connectivity index (χ4v) is 4.62. The second kappa shape index (κ2) is 6.88. The molecule has 1 heterocycles. The van der Waals surface area contributed by atoms with Gasteiger partial charge in [-0.1, -0.05) is 69.3 Å². The summed E-state index contributed by atoms with van der Waals surface area (Å²) in [5.41, 5.74) is 8.63. The SMILES string of the molecule is Cc1ccc2c(c1)Oc1c(ccc3ccccc13)N2c1c(C)cc(C(C)(C)C)cc1C. The first-order valence-electron chi connectivity index (χ1n) is 11.0. The fourth-order valence-electron chi connectivity index (χ4n) is 4.62. The molecule has 4 aromatic carbocycles. The molecule has 5 rings (SSSR count). The lowest BCUT2D eigenvalue weighted by Gasteiger charge is -2.36. The molecule has 0 unspecified atom stereocenters. The molecule has 0 bridgehead atoms. The van der Waals surface area contributed by atoms with Crippen molar-refractivity contribution < 1.29 is 4.74 Å². The summed E-state index contributed by atoms with van der Waals surface area (Å²) in [6.45, 7) is 13.4. The van der Waals surface area contributed by atoms with Crippen LogP contribution in [0.5, 0.6) is 11.5 Å². The molecule has 0 saturated heterocycles. The standard InChI is InChI=1S/C29H29NO/c1-18-11-13-24-26(15-18)31-28-23-10-8-7-9-21(23)12-14-25(28)30(24)27-19(2)16-22(17-20(27)3)29(4,5)6/h7-17H,1-6H3. The van der Waals surface area contributed by atoms with E-state index in [1.807, 2.05) is 0 Å². The monoisotopic (exact) mass is 407 g/mol. The van der Waals surface area contributed by atoms with Crippen LogP contribution >= 0.6 is 0 Å². The number of rotatable bonds is 1. The first-order chi connectivity index (χ1) is 14.7. The van der Waals surface area contributed by atoms with Gasteiger partial charge in [-0.25, -0.2) is 0 Å². The maximum atomic E-state index is 6.54. The van der Waals surface area contributed by atoms with Crippen LogP contribution in [0, 0.1) is 20.8 Å². The highest BCUT2D eigenvalue weighted by atomic mass is 16.5. The average molecular weight is 408 g/mol. The summed E-state index contributed by atoms with van der Waals surface area (Å²) in [5.74, 6) is 1.83. The number of fused-ring (bicyclic) bond motifs is 4.